The van der Waals surface area contributed by atoms with Gasteiger partial charge in [-0.15, -0.1) is 0 Å². The number of ether oxygens (including phenoxy) is 3. The van der Waals surface area contributed by atoms with Gasteiger partial charge in [-0.2, -0.15) is 0 Å². The van der Waals surface area contributed by atoms with E-state index in [2.05, 4.69) is 10.2 Å². The first-order valence-corrected chi connectivity index (χ1v) is 7.87. The van der Waals surface area contributed by atoms with E-state index in [1.165, 1.54) is 18.4 Å². The maximum absolute atomic E-state index is 5.43. The Morgan fingerprint density at radius 3 is 2.09 bits per heavy atom. The quantitative estimate of drug-likeness (QED) is 0.836. The van der Waals surface area contributed by atoms with Crippen molar-refractivity contribution < 1.29 is 14.2 Å². The molecule has 22 heavy (non-hydrogen) atoms. The molecule has 1 aliphatic rings. The molecule has 1 heterocycles. The molecule has 0 atom stereocenters. The van der Waals surface area contributed by atoms with Crippen LogP contribution in [0.2, 0.25) is 0 Å². The third-order valence-corrected chi connectivity index (χ3v) is 4.33. The lowest BCUT2D eigenvalue weighted by Crippen LogP contribution is -2.36. The second-order valence-electron chi connectivity index (χ2n) is 5.81. The topological polar surface area (TPSA) is 43.0 Å². The van der Waals surface area contributed by atoms with Gasteiger partial charge in [0.15, 0.2) is 11.5 Å². The molecule has 0 saturated carbocycles. The van der Waals surface area contributed by atoms with Gasteiger partial charge in [-0.1, -0.05) is 0 Å². The molecule has 1 fully saturated rings. The fourth-order valence-corrected chi connectivity index (χ4v) is 3.12. The number of piperidine rings is 1. The first kappa shape index (κ1) is 16.9. The van der Waals surface area contributed by atoms with Crippen molar-refractivity contribution in [1.82, 2.24) is 10.2 Å². The van der Waals surface area contributed by atoms with Gasteiger partial charge in [0.25, 0.3) is 0 Å². The summed E-state index contributed by atoms with van der Waals surface area (Å²) >= 11 is 0. The molecule has 0 aromatic heterocycles. The monoisotopic (exact) mass is 308 g/mol. The molecule has 5 nitrogen and oxygen atoms in total. The molecule has 0 unspecified atom stereocenters. The summed E-state index contributed by atoms with van der Waals surface area (Å²) in [6, 6.07) is 4.09. The second-order valence-corrected chi connectivity index (χ2v) is 5.81. The Labute approximate surface area is 133 Å². The van der Waals surface area contributed by atoms with Crippen LogP contribution in [0.15, 0.2) is 12.1 Å². The number of nitrogens with one attached hydrogen (secondary N) is 1. The molecule has 0 aliphatic carbocycles. The molecule has 1 aliphatic heterocycles. The summed E-state index contributed by atoms with van der Waals surface area (Å²) in [6.07, 6.45) is 2.51. The first-order valence-electron chi connectivity index (χ1n) is 7.87. The number of benzene rings is 1. The third-order valence-electron chi connectivity index (χ3n) is 4.33. The summed E-state index contributed by atoms with van der Waals surface area (Å²) in [5.41, 5.74) is 1.20. The van der Waals surface area contributed by atoms with E-state index < -0.39 is 0 Å². The minimum absolute atomic E-state index is 0.654. The molecule has 1 aromatic carbocycles. The van der Waals surface area contributed by atoms with E-state index >= 15 is 0 Å². The van der Waals surface area contributed by atoms with E-state index in [4.69, 9.17) is 14.2 Å². The normalized spacial score (nSPS) is 16.5. The van der Waals surface area contributed by atoms with E-state index in [1.807, 2.05) is 19.2 Å². The van der Waals surface area contributed by atoms with Crippen molar-refractivity contribution in [3.05, 3.63) is 17.7 Å². The zero-order valence-electron chi connectivity index (χ0n) is 14.1. The predicted octanol–water partition coefficient (Wildman–Crippen LogP) is 2.14. The highest BCUT2D eigenvalue weighted by molar-refractivity contribution is 5.53. The van der Waals surface area contributed by atoms with Crippen molar-refractivity contribution in [2.75, 3.05) is 48.0 Å². The summed E-state index contributed by atoms with van der Waals surface area (Å²) < 4.78 is 16.2. The van der Waals surface area contributed by atoms with Gasteiger partial charge in [-0.3, -0.25) is 4.90 Å². The SMILES string of the molecule is CNCC1CCN(Cc2cc(OC)c(OC)c(OC)c2)CC1. The molecular weight excluding hydrogens is 280 g/mol. The van der Waals surface area contributed by atoms with Crippen LogP contribution in [0.25, 0.3) is 0 Å². The van der Waals surface area contributed by atoms with E-state index in [0.29, 0.717) is 5.75 Å². The zero-order valence-corrected chi connectivity index (χ0v) is 14.1. The molecular formula is C17H28N2O3. The van der Waals surface area contributed by atoms with Gasteiger partial charge in [0.2, 0.25) is 5.75 Å². The predicted molar refractivity (Wildman–Crippen MR) is 88.0 cm³/mol. The molecule has 1 saturated heterocycles. The lowest BCUT2D eigenvalue weighted by Gasteiger charge is -2.32. The summed E-state index contributed by atoms with van der Waals surface area (Å²) in [6.45, 7) is 4.33. The second kappa shape index (κ2) is 8.25. The number of nitrogens with zero attached hydrogens (tertiary/aromatic N) is 1. The third kappa shape index (κ3) is 4.05. The Morgan fingerprint density at radius 2 is 1.64 bits per heavy atom. The molecule has 124 valence electrons. The first-order chi connectivity index (χ1) is 10.7. The fraction of sp³-hybridized carbons (Fsp3) is 0.647. The maximum atomic E-state index is 5.43. The zero-order chi connectivity index (χ0) is 15.9. The van der Waals surface area contributed by atoms with Crippen molar-refractivity contribution in [3.8, 4) is 17.2 Å². The van der Waals surface area contributed by atoms with Gasteiger partial charge in [0, 0.05) is 6.54 Å². The van der Waals surface area contributed by atoms with Gasteiger partial charge < -0.3 is 19.5 Å². The van der Waals surface area contributed by atoms with Crippen LogP contribution in [0.3, 0.4) is 0 Å². The fourth-order valence-electron chi connectivity index (χ4n) is 3.12. The molecule has 1 aromatic rings. The van der Waals surface area contributed by atoms with E-state index in [1.54, 1.807) is 21.3 Å². The highest BCUT2D eigenvalue weighted by Gasteiger charge is 2.20. The number of likely N-dealkylation sites (tertiary alicyclic amines) is 1. The van der Waals surface area contributed by atoms with Crippen LogP contribution in [0, 0.1) is 5.92 Å². The molecule has 0 bridgehead atoms. The van der Waals surface area contributed by atoms with Crippen LogP contribution in [-0.2, 0) is 6.54 Å². The van der Waals surface area contributed by atoms with Crippen LogP contribution in [0.4, 0.5) is 0 Å². The minimum Gasteiger partial charge on any atom is -0.493 e. The Morgan fingerprint density at radius 1 is 1.05 bits per heavy atom. The van der Waals surface area contributed by atoms with Gasteiger partial charge in [-0.05, 0) is 63.1 Å². The molecule has 0 radical (unpaired) electrons. The number of methoxy groups -OCH3 is 3. The highest BCUT2D eigenvalue weighted by Crippen LogP contribution is 2.38. The largest absolute Gasteiger partial charge is 0.493 e. The van der Waals surface area contributed by atoms with Gasteiger partial charge in [-0.25, -0.2) is 0 Å². The van der Waals surface area contributed by atoms with Crippen molar-refractivity contribution in [2.24, 2.45) is 5.92 Å². The highest BCUT2D eigenvalue weighted by atomic mass is 16.5. The van der Waals surface area contributed by atoms with Gasteiger partial charge in [0.1, 0.15) is 0 Å². The molecule has 2 rings (SSSR count). The maximum Gasteiger partial charge on any atom is 0.203 e. The summed E-state index contributed by atoms with van der Waals surface area (Å²) in [7, 11) is 6.98. The van der Waals surface area contributed by atoms with Crippen LogP contribution < -0.4 is 19.5 Å². The minimum atomic E-state index is 0.654. The smallest absolute Gasteiger partial charge is 0.203 e. The Kier molecular flexibility index (Phi) is 6.34. The summed E-state index contributed by atoms with van der Waals surface area (Å²) in [4.78, 5) is 2.49. The van der Waals surface area contributed by atoms with Crippen molar-refractivity contribution in [3.63, 3.8) is 0 Å². The standard InChI is InChI=1S/C17H28N2O3/c1-18-11-13-5-7-19(8-6-13)12-14-9-15(20-2)17(22-4)16(10-14)21-3/h9-10,13,18H,5-8,11-12H2,1-4H3. The number of hydrogen-bond acceptors (Lipinski definition) is 5. The van der Waals surface area contributed by atoms with E-state index in [0.717, 1.165) is 43.6 Å². The van der Waals surface area contributed by atoms with E-state index in [-0.39, 0.29) is 0 Å². The van der Waals surface area contributed by atoms with Gasteiger partial charge in [0.05, 0.1) is 21.3 Å². The van der Waals surface area contributed by atoms with Crippen LogP contribution in [-0.4, -0.2) is 52.9 Å². The van der Waals surface area contributed by atoms with Crippen LogP contribution in [0.1, 0.15) is 18.4 Å². The van der Waals surface area contributed by atoms with Crippen LogP contribution in [0.5, 0.6) is 17.2 Å². The molecule has 1 N–H and O–H groups in total. The van der Waals surface area contributed by atoms with Gasteiger partial charge >= 0.3 is 0 Å². The lowest BCUT2D eigenvalue weighted by molar-refractivity contribution is 0.176. The number of hydrogen-bond donors (Lipinski definition) is 1. The number of rotatable bonds is 7. The molecule has 5 heteroatoms. The average Bonchev–Trinajstić information content (AvgIpc) is 2.56. The lowest BCUT2D eigenvalue weighted by atomic mass is 9.96. The van der Waals surface area contributed by atoms with Crippen molar-refractivity contribution in [1.29, 1.82) is 0 Å². The van der Waals surface area contributed by atoms with E-state index in [9.17, 15) is 0 Å². The molecule has 0 spiro atoms. The van der Waals surface area contributed by atoms with Crippen molar-refractivity contribution in [2.45, 2.75) is 19.4 Å². The Hall–Kier alpha value is -1.46. The average molecular weight is 308 g/mol. The van der Waals surface area contributed by atoms with Crippen LogP contribution >= 0.6 is 0 Å². The Bertz CT molecular complexity index is 446. The summed E-state index contributed by atoms with van der Waals surface area (Å²) in [5, 5.41) is 3.28. The summed E-state index contributed by atoms with van der Waals surface area (Å²) in [5.74, 6) is 2.91. The Balaban J connectivity index is 2.04. The van der Waals surface area contributed by atoms with Crippen molar-refractivity contribution >= 4 is 0 Å². The molecule has 0 amide bonds.